The number of aliphatic hydroxyl groups excluding tert-OH is 1. The van der Waals surface area contributed by atoms with Gasteiger partial charge in [-0.3, -0.25) is 29.2 Å². The lowest BCUT2D eigenvalue weighted by Gasteiger charge is -2.39. The van der Waals surface area contributed by atoms with Gasteiger partial charge in [-0.2, -0.15) is 0 Å². The summed E-state index contributed by atoms with van der Waals surface area (Å²) in [5, 5.41) is 10.4. The van der Waals surface area contributed by atoms with Crippen molar-refractivity contribution in [2.24, 2.45) is 0 Å². The number of imide groups is 1. The van der Waals surface area contributed by atoms with Crippen molar-refractivity contribution in [2.45, 2.75) is 51.4 Å². The predicted octanol–water partition coefficient (Wildman–Crippen LogP) is 0.844. The van der Waals surface area contributed by atoms with Crippen molar-refractivity contribution in [1.82, 2.24) is 14.8 Å². The Labute approximate surface area is 133 Å². The number of rotatable bonds is 3. The number of carbonyl (C=O) groups is 3. The highest BCUT2D eigenvalue weighted by molar-refractivity contribution is 6.05. The van der Waals surface area contributed by atoms with Crippen LogP contribution in [0.25, 0.3) is 0 Å². The molecule has 0 spiro atoms. The fourth-order valence-electron chi connectivity index (χ4n) is 3.19. The van der Waals surface area contributed by atoms with E-state index in [9.17, 15) is 19.5 Å². The molecule has 2 aliphatic heterocycles. The van der Waals surface area contributed by atoms with Crippen LogP contribution in [-0.4, -0.2) is 49.7 Å². The van der Waals surface area contributed by atoms with Crippen LogP contribution in [0.2, 0.25) is 0 Å². The van der Waals surface area contributed by atoms with Gasteiger partial charge in [0.05, 0.1) is 0 Å². The molecule has 2 aliphatic rings. The van der Waals surface area contributed by atoms with Crippen molar-refractivity contribution in [3.8, 4) is 0 Å². The molecule has 0 aromatic carbocycles. The first-order valence-corrected chi connectivity index (χ1v) is 7.78. The SMILES string of the molecule is CCC(C)N1C(=O)CCC(N2C(=O)c3ncccc3C2O)C1=O. The van der Waals surface area contributed by atoms with E-state index in [1.807, 2.05) is 6.92 Å². The van der Waals surface area contributed by atoms with E-state index in [4.69, 9.17) is 0 Å². The lowest BCUT2D eigenvalue weighted by atomic mass is 10.00. The number of likely N-dealkylation sites (tertiary alicyclic amines) is 1. The zero-order valence-corrected chi connectivity index (χ0v) is 13.1. The molecule has 23 heavy (non-hydrogen) atoms. The van der Waals surface area contributed by atoms with E-state index < -0.39 is 24.1 Å². The number of piperidine rings is 1. The second-order valence-corrected chi connectivity index (χ2v) is 5.94. The zero-order valence-electron chi connectivity index (χ0n) is 13.1. The quantitative estimate of drug-likeness (QED) is 0.834. The van der Waals surface area contributed by atoms with Gasteiger partial charge in [0, 0.05) is 24.2 Å². The third-order valence-electron chi connectivity index (χ3n) is 4.61. The van der Waals surface area contributed by atoms with Gasteiger partial charge in [0.1, 0.15) is 11.7 Å². The Morgan fingerprint density at radius 1 is 1.39 bits per heavy atom. The van der Waals surface area contributed by atoms with E-state index in [2.05, 4.69) is 4.98 Å². The Morgan fingerprint density at radius 3 is 2.78 bits per heavy atom. The van der Waals surface area contributed by atoms with Crippen LogP contribution in [0, 0.1) is 0 Å². The first-order valence-electron chi connectivity index (χ1n) is 7.78. The second-order valence-electron chi connectivity index (χ2n) is 5.94. The van der Waals surface area contributed by atoms with E-state index in [1.54, 1.807) is 19.1 Å². The summed E-state index contributed by atoms with van der Waals surface area (Å²) >= 11 is 0. The third-order valence-corrected chi connectivity index (χ3v) is 4.61. The minimum atomic E-state index is -1.20. The van der Waals surface area contributed by atoms with Gasteiger partial charge in [-0.15, -0.1) is 0 Å². The summed E-state index contributed by atoms with van der Waals surface area (Å²) in [4.78, 5) is 43.7. The zero-order chi connectivity index (χ0) is 16.7. The molecule has 3 unspecified atom stereocenters. The minimum Gasteiger partial charge on any atom is -0.369 e. The topological polar surface area (TPSA) is 90.8 Å². The number of nitrogens with zero attached hydrogens (tertiary/aromatic N) is 3. The molecule has 3 rings (SSSR count). The van der Waals surface area contributed by atoms with Crippen molar-refractivity contribution in [3.63, 3.8) is 0 Å². The smallest absolute Gasteiger partial charge is 0.275 e. The summed E-state index contributed by atoms with van der Waals surface area (Å²) in [6.45, 7) is 3.70. The van der Waals surface area contributed by atoms with Gasteiger partial charge in [0.2, 0.25) is 5.91 Å². The average molecular weight is 317 g/mol. The van der Waals surface area contributed by atoms with Gasteiger partial charge >= 0.3 is 0 Å². The monoisotopic (exact) mass is 317 g/mol. The first kappa shape index (κ1) is 15.6. The molecular formula is C16H19N3O4. The van der Waals surface area contributed by atoms with E-state index in [0.29, 0.717) is 12.0 Å². The average Bonchev–Trinajstić information content (AvgIpc) is 2.80. The summed E-state index contributed by atoms with van der Waals surface area (Å²) in [7, 11) is 0. The van der Waals surface area contributed by atoms with Gasteiger partial charge in [-0.1, -0.05) is 13.0 Å². The van der Waals surface area contributed by atoms with Gasteiger partial charge < -0.3 is 5.11 Å². The molecular weight excluding hydrogens is 298 g/mol. The van der Waals surface area contributed by atoms with Crippen LogP contribution in [-0.2, 0) is 9.59 Å². The van der Waals surface area contributed by atoms with Crippen LogP contribution < -0.4 is 0 Å². The van der Waals surface area contributed by atoms with Crippen molar-refractivity contribution in [2.75, 3.05) is 0 Å². The Bertz CT molecular complexity index is 675. The summed E-state index contributed by atoms with van der Waals surface area (Å²) in [6.07, 6.45) is 1.32. The van der Waals surface area contributed by atoms with E-state index in [-0.39, 0.29) is 30.5 Å². The molecule has 0 radical (unpaired) electrons. The maximum Gasteiger partial charge on any atom is 0.275 e. The molecule has 1 aromatic rings. The predicted molar refractivity (Wildman–Crippen MR) is 80.0 cm³/mol. The number of hydrogen-bond donors (Lipinski definition) is 1. The van der Waals surface area contributed by atoms with Crippen molar-refractivity contribution in [1.29, 1.82) is 0 Å². The molecule has 0 bridgehead atoms. The number of pyridine rings is 1. The highest BCUT2D eigenvalue weighted by Gasteiger charge is 2.47. The van der Waals surface area contributed by atoms with Gasteiger partial charge in [0.25, 0.3) is 11.8 Å². The summed E-state index contributed by atoms with van der Waals surface area (Å²) in [5.74, 6) is -1.11. The number of aromatic nitrogens is 1. The maximum absolute atomic E-state index is 12.7. The molecule has 1 fully saturated rings. The highest BCUT2D eigenvalue weighted by Crippen LogP contribution is 2.35. The van der Waals surface area contributed by atoms with Gasteiger partial charge in [0.15, 0.2) is 6.23 Å². The second kappa shape index (κ2) is 5.73. The molecule has 3 heterocycles. The third kappa shape index (κ3) is 2.31. The van der Waals surface area contributed by atoms with Crippen molar-refractivity contribution in [3.05, 3.63) is 29.6 Å². The van der Waals surface area contributed by atoms with E-state index in [0.717, 1.165) is 4.90 Å². The number of aliphatic hydroxyl groups is 1. The Morgan fingerprint density at radius 2 is 2.13 bits per heavy atom. The Balaban J connectivity index is 1.92. The largest absolute Gasteiger partial charge is 0.369 e. The molecule has 1 aromatic heterocycles. The maximum atomic E-state index is 12.7. The van der Waals surface area contributed by atoms with Crippen LogP contribution in [0.3, 0.4) is 0 Å². The number of amides is 3. The molecule has 3 atom stereocenters. The summed E-state index contributed by atoms with van der Waals surface area (Å²) < 4.78 is 0. The fourth-order valence-corrected chi connectivity index (χ4v) is 3.19. The molecule has 1 N–H and O–H groups in total. The molecule has 7 heteroatoms. The van der Waals surface area contributed by atoms with Crippen LogP contribution in [0.5, 0.6) is 0 Å². The number of hydrogen-bond acceptors (Lipinski definition) is 5. The Kier molecular flexibility index (Phi) is 3.89. The lowest BCUT2D eigenvalue weighted by molar-refractivity contribution is -0.157. The number of fused-ring (bicyclic) bond motifs is 1. The minimum absolute atomic E-state index is 0.166. The standard InChI is InChI=1S/C16H19N3O4/c1-3-9(2)18-12(20)7-6-11(15(18)22)19-14(21)10-5-4-8-17-13(10)16(19)23/h4-5,8-9,11,14,21H,3,6-7H2,1-2H3. The van der Waals surface area contributed by atoms with Crippen LogP contribution in [0.1, 0.15) is 55.4 Å². The van der Waals surface area contributed by atoms with Crippen molar-refractivity contribution >= 4 is 17.7 Å². The van der Waals surface area contributed by atoms with Crippen molar-refractivity contribution < 1.29 is 19.5 Å². The first-order chi connectivity index (χ1) is 11.0. The molecule has 122 valence electrons. The molecule has 0 aliphatic carbocycles. The van der Waals surface area contributed by atoms with Crippen LogP contribution in [0.15, 0.2) is 18.3 Å². The molecule has 3 amide bonds. The highest BCUT2D eigenvalue weighted by atomic mass is 16.3. The lowest BCUT2D eigenvalue weighted by Crippen LogP contribution is -2.57. The molecule has 0 saturated carbocycles. The summed E-state index contributed by atoms with van der Waals surface area (Å²) in [5.41, 5.74) is 0.567. The van der Waals surface area contributed by atoms with Crippen LogP contribution >= 0.6 is 0 Å². The van der Waals surface area contributed by atoms with Gasteiger partial charge in [-0.05, 0) is 25.8 Å². The molecule has 1 saturated heterocycles. The van der Waals surface area contributed by atoms with Crippen LogP contribution in [0.4, 0.5) is 0 Å². The number of carbonyl (C=O) groups excluding carboxylic acids is 3. The summed E-state index contributed by atoms with van der Waals surface area (Å²) in [6, 6.07) is 2.19. The van der Waals surface area contributed by atoms with Gasteiger partial charge in [-0.25, -0.2) is 0 Å². The fraction of sp³-hybridized carbons (Fsp3) is 0.500. The van der Waals surface area contributed by atoms with E-state index in [1.165, 1.54) is 11.1 Å². The molecule has 7 nitrogen and oxygen atoms in total. The normalized spacial score (nSPS) is 25.8. The van der Waals surface area contributed by atoms with E-state index >= 15 is 0 Å². The Hall–Kier alpha value is -2.28.